The van der Waals surface area contributed by atoms with Crippen molar-refractivity contribution >= 4 is 5.96 Å². The quantitative estimate of drug-likeness (QED) is 0.525. The molecule has 0 fully saturated rings. The second-order valence-electron chi connectivity index (χ2n) is 4.33. The van der Waals surface area contributed by atoms with Crippen LogP contribution in [0.1, 0.15) is 12.0 Å². The molecule has 112 valence electrons. The third kappa shape index (κ3) is 5.90. The van der Waals surface area contributed by atoms with E-state index in [9.17, 15) is 17.6 Å². The number of nitrogens with one attached hydrogen (secondary N) is 1. The molecule has 0 aromatic heterocycles. The zero-order chi connectivity index (χ0) is 15.2. The lowest BCUT2D eigenvalue weighted by atomic mass is 10.2. The fraction of sp³-hybridized carbons (Fsp3) is 0.462. The minimum absolute atomic E-state index is 0.246. The Kier molecular flexibility index (Phi) is 5.79. The van der Waals surface area contributed by atoms with E-state index >= 15 is 0 Å². The van der Waals surface area contributed by atoms with Crippen LogP contribution in [0, 0.1) is 5.82 Å². The molecule has 0 aliphatic carbocycles. The van der Waals surface area contributed by atoms with Crippen LogP contribution in [0.25, 0.3) is 0 Å². The first-order valence-electron chi connectivity index (χ1n) is 6.05. The molecule has 20 heavy (non-hydrogen) atoms. The molecule has 0 aliphatic heterocycles. The highest BCUT2D eigenvalue weighted by atomic mass is 19.4. The van der Waals surface area contributed by atoms with E-state index in [4.69, 9.17) is 0 Å². The maximum Gasteiger partial charge on any atom is 0.390 e. The van der Waals surface area contributed by atoms with Gasteiger partial charge in [0.15, 0.2) is 5.96 Å². The molecular weight excluding hydrogens is 274 g/mol. The molecule has 1 aromatic carbocycles. The van der Waals surface area contributed by atoms with Crippen molar-refractivity contribution in [3.05, 3.63) is 35.6 Å². The van der Waals surface area contributed by atoms with Crippen molar-refractivity contribution in [2.75, 3.05) is 20.6 Å². The van der Waals surface area contributed by atoms with Crippen molar-refractivity contribution in [3.63, 3.8) is 0 Å². The normalized spacial score (nSPS) is 12.4. The van der Waals surface area contributed by atoms with Gasteiger partial charge in [-0.1, -0.05) is 12.1 Å². The minimum atomic E-state index is -4.20. The highest BCUT2D eigenvalue weighted by Crippen LogP contribution is 2.18. The predicted molar refractivity (Wildman–Crippen MR) is 69.9 cm³/mol. The second kappa shape index (κ2) is 7.12. The Morgan fingerprint density at radius 2 is 2.05 bits per heavy atom. The molecular formula is C13H17F4N3. The summed E-state index contributed by atoms with van der Waals surface area (Å²) in [5.41, 5.74) is 0.714. The van der Waals surface area contributed by atoms with Crippen LogP contribution >= 0.6 is 0 Å². The number of hydrogen-bond acceptors (Lipinski definition) is 1. The molecule has 0 amide bonds. The Labute approximate surface area is 115 Å². The number of guanidine groups is 1. The van der Waals surface area contributed by atoms with E-state index in [-0.39, 0.29) is 12.4 Å². The summed E-state index contributed by atoms with van der Waals surface area (Å²) in [7, 11) is 3.16. The molecule has 0 radical (unpaired) electrons. The van der Waals surface area contributed by atoms with Crippen molar-refractivity contribution in [2.24, 2.45) is 4.99 Å². The molecule has 3 nitrogen and oxygen atoms in total. The van der Waals surface area contributed by atoms with Crippen molar-refractivity contribution in [1.29, 1.82) is 0 Å². The molecule has 1 aromatic rings. The van der Waals surface area contributed by atoms with Gasteiger partial charge < -0.3 is 10.2 Å². The molecule has 0 heterocycles. The molecule has 0 bridgehead atoms. The molecule has 1 rings (SSSR count). The number of hydrogen-bond donors (Lipinski definition) is 1. The smallest absolute Gasteiger partial charge is 0.356 e. The van der Waals surface area contributed by atoms with Crippen LogP contribution in [0.3, 0.4) is 0 Å². The van der Waals surface area contributed by atoms with Crippen molar-refractivity contribution in [2.45, 2.75) is 19.1 Å². The van der Waals surface area contributed by atoms with Gasteiger partial charge >= 0.3 is 6.18 Å². The van der Waals surface area contributed by atoms with Gasteiger partial charge in [0.1, 0.15) is 5.82 Å². The van der Waals surface area contributed by atoms with Crippen molar-refractivity contribution < 1.29 is 17.6 Å². The number of rotatable bonds is 4. The lowest BCUT2D eigenvalue weighted by Crippen LogP contribution is -2.39. The maximum atomic E-state index is 13.0. The SMILES string of the molecule is CN=C(NCCC(F)(F)F)N(C)Cc1cccc(F)c1. The average molecular weight is 291 g/mol. The Morgan fingerprint density at radius 1 is 1.35 bits per heavy atom. The second-order valence-corrected chi connectivity index (χ2v) is 4.33. The highest BCUT2D eigenvalue weighted by molar-refractivity contribution is 5.79. The van der Waals surface area contributed by atoms with Gasteiger partial charge in [-0.25, -0.2) is 4.39 Å². The van der Waals surface area contributed by atoms with Crippen molar-refractivity contribution in [1.82, 2.24) is 10.2 Å². The first-order chi connectivity index (χ1) is 9.31. The molecule has 0 atom stereocenters. The maximum absolute atomic E-state index is 13.0. The van der Waals surface area contributed by atoms with E-state index in [0.29, 0.717) is 18.1 Å². The predicted octanol–water partition coefficient (Wildman–Crippen LogP) is 2.79. The number of halogens is 4. The van der Waals surface area contributed by atoms with Gasteiger partial charge in [-0.05, 0) is 17.7 Å². The van der Waals surface area contributed by atoms with Gasteiger partial charge in [-0.3, -0.25) is 4.99 Å². The summed E-state index contributed by atoms with van der Waals surface area (Å²) in [6.07, 6.45) is -5.13. The van der Waals surface area contributed by atoms with Gasteiger partial charge in [-0.15, -0.1) is 0 Å². The number of benzene rings is 1. The van der Waals surface area contributed by atoms with Gasteiger partial charge in [0.05, 0.1) is 6.42 Å². The Balaban J connectivity index is 2.53. The van der Waals surface area contributed by atoms with E-state index in [1.165, 1.54) is 19.2 Å². The summed E-state index contributed by atoms with van der Waals surface area (Å²) < 4.78 is 49.2. The summed E-state index contributed by atoms with van der Waals surface area (Å²) in [6.45, 7) is 0.104. The van der Waals surface area contributed by atoms with Gasteiger partial charge in [-0.2, -0.15) is 13.2 Å². The lowest BCUT2D eigenvalue weighted by Gasteiger charge is -2.22. The standard InChI is InChI=1S/C13H17F4N3/c1-18-12(19-7-6-13(15,16)17)20(2)9-10-4-3-5-11(14)8-10/h3-5,8H,6-7,9H2,1-2H3,(H,18,19). The number of aliphatic imine (C=N–C) groups is 1. The van der Waals surface area contributed by atoms with Crippen LogP contribution in [-0.4, -0.2) is 37.7 Å². The molecule has 0 aliphatic rings. The molecule has 0 spiro atoms. The van der Waals surface area contributed by atoms with E-state index in [2.05, 4.69) is 10.3 Å². The molecule has 0 saturated heterocycles. The highest BCUT2D eigenvalue weighted by Gasteiger charge is 2.26. The first kappa shape index (κ1) is 16.3. The van der Waals surface area contributed by atoms with E-state index in [1.807, 2.05) is 0 Å². The number of alkyl halides is 3. The van der Waals surface area contributed by atoms with Crippen LogP contribution < -0.4 is 5.32 Å². The third-order valence-electron chi connectivity index (χ3n) is 2.57. The van der Waals surface area contributed by atoms with Gasteiger partial charge in [0, 0.05) is 27.2 Å². The van der Waals surface area contributed by atoms with Gasteiger partial charge in [0.2, 0.25) is 0 Å². The Bertz CT molecular complexity index is 457. The topological polar surface area (TPSA) is 27.6 Å². The van der Waals surface area contributed by atoms with Crippen LogP contribution in [0.2, 0.25) is 0 Å². The van der Waals surface area contributed by atoms with E-state index < -0.39 is 12.6 Å². The monoisotopic (exact) mass is 291 g/mol. The zero-order valence-corrected chi connectivity index (χ0v) is 11.3. The fourth-order valence-electron chi connectivity index (χ4n) is 1.68. The summed E-state index contributed by atoms with van der Waals surface area (Å²) >= 11 is 0. The third-order valence-corrected chi connectivity index (χ3v) is 2.57. The number of nitrogens with zero attached hydrogens (tertiary/aromatic N) is 2. The van der Waals surface area contributed by atoms with Crippen molar-refractivity contribution in [3.8, 4) is 0 Å². The molecule has 0 unspecified atom stereocenters. The van der Waals surface area contributed by atoms with E-state index in [1.54, 1.807) is 24.1 Å². The summed E-state index contributed by atoms with van der Waals surface area (Å²) in [5, 5.41) is 2.62. The summed E-state index contributed by atoms with van der Waals surface area (Å²) in [4.78, 5) is 5.53. The molecule has 0 saturated carbocycles. The largest absolute Gasteiger partial charge is 0.390 e. The summed E-state index contributed by atoms with van der Waals surface area (Å²) in [5.74, 6) is -0.0190. The fourth-order valence-corrected chi connectivity index (χ4v) is 1.68. The van der Waals surface area contributed by atoms with Crippen LogP contribution in [0.5, 0.6) is 0 Å². The Hall–Kier alpha value is -1.79. The minimum Gasteiger partial charge on any atom is -0.356 e. The zero-order valence-electron chi connectivity index (χ0n) is 11.3. The van der Waals surface area contributed by atoms with Crippen LogP contribution in [0.15, 0.2) is 29.3 Å². The van der Waals surface area contributed by atoms with E-state index in [0.717, 1.165) is 0 Å². The van der Waals surface area contributed by atoms with Gasteiger partial charge in [0.25, 0.3) is 0 Å². The first-order valence-corrected chi connectivity index (χ1v) is 6.05. The molecule has 1 N–H and O–H groups in total. The molecule has 7 heteroatoms. The van der Waals surface area contributed by atoms with Crippen LogP contribution in [0.4, 0.5) is 17.6 Å². The lowest BCUT2D eigenvalue weighted by molar-refractivity contribution is -0.132. The summed E-state index contributed by atoms with van der Waals surface area (Å²) in [6, 6.07) is 6.03. The Morgan fingerprint density at radius 3 is 2.60 bits per heavy atom. The van der Waals surface area contributed by atoms with Crippen LogP contribution in [-0.2, 0) is 6.54 Å². The average Bonchev–Trinajstić information content (AvgIpc) is 2.33.